The zero-order valence-electron chi connectivity index (χ0n) is 14.2. The van der Waals surface area contributed by atoms with Gasteiger partial charge in [0.15, 0.2) is 0 Å². The van der Waals surface area contributed by atoms with E-state index in [0.29, 0.717) is 17.4 Å². The van der Waals surface area contributed by atoms with Gasteiger partial charge >= 0.3 is 0 Å². The van der Waals surface area contributed by atoms with E-state index in [9.17, 15) is 4.79 Å². The van der Waals surface area contributed by atoms with Crippen molar-refractivity contribution >= 4 is 17.5 Å². The lowest BCUT2D eigenvalue weighted by Gasteiger charge is -2.32. The highest BCUT2D eigenvalue weighted by molar-refractivity contribution is 5.92. The molecule has 0 atom stereocenters. The number of amides is 1. The molecule has 24 heavy (non-hydrogen) atoms. The van der Waals surface area contributed by atoms with E-state index in [-0.39, 0.29) is 12.3 Å². The van der Waals surface area contributed by atoms with Gasteiger partial charge in [0, 0.05) is 31.7 Å². The average Bonchev–Trinajstić information content (AvgIpc) is 2.88. The third-order valence-electron chi connectivity index (χ3n) is 4.23. The van der Waals surface area contributed by atoms with Gasteiger partial charge in [-0.05, 0) is 20.9 Å². The van der Waals surface area contributed by atoms with Crippen molar-refractivity contribution in [3.05, 3.63) is 29.4 Å². The second-order valence-electron chi connectivity index (χ2n) is 6.09. The zero-order valence-corrected chi connectivity index (χ0v) is 14.2. The summed E-state index contributed by atoms with van der Waals surface area (Å²) in [6, 6.07) is 0. The van der Waals surface area contributed by atoms with Crippen molar-refractivity contribution < 1.29 is 9.32 Å². The van der Waals surface area contributed by atoms with E-state index in [1.54, 1.807) is 19.3 Å². The van der Waals surface area contributed by atoms with Crippen molar-refractivity contribution in [1.82, 2.24) is 20.0 Å². The predicted octanol–water partition coefficient (Wildman–Crippen LogP) is 1.01. The number of nitrogens with zero attached hydrogens (tertiary/aromatic N) is 5. The number of rotatable bonds is 4. The largest absolute Gasteiger partial charge is 0.361 e. The molecule has 3 rings (SSSR count). The fraction of sp³-hybridized carbons (Fsp3) is 0.500. The van der Waals surface area contributed by atoms with E-state index in [1.807, 2.05) is 6.92 Å². The number of piperazine rings is 1. The number of carbonyl (C=O) groups excluding carboxylic acids is 1. The van der Waals surface area contributed by atoms with Gasteiger partial charge < -0.3 is 19.6 Å². The Morgan fingerprint density at radius 3 is 2.46 bits per heavy atom. The molecule has 2 aromatic heterocycles. The number of hydrogen-bond donors (Lipinski definition) is 1. The van der Waals surface area contributed by atoms with Crippen LogP contribution in [0, 0.1) is 13.8 Å². The van der Waals surface area contributed by atoms with E-state index in [0.717, 1.165) is 37.4 Å². The summed E-state index contributed by atoms with van der Waals surface area (Å²) in [6.45, 7) is 7.45. The summed E-state index contributed by atoms with van der Waals surface area (Å²) in [7, 11) is 2.11. The highest BCUT2D eigenvalue weighted by Gasteiger charge is 2.17. The number of anilines is 2. The number of aryl methyl sites for hydroxylation is 2. The molecule has 0 radical (unpaired) electrons. The lowest BCUT2D eigenvalue weighted by Crippen LogP contribution is -2.45. The molecule has 1 amide bonds. The molecule has 0 saturated carbocycles. The summed E-state index contributed by atoms with van der Waals surface area (Å²) in [5.41, 5.74) is 2.15. The Bertz CT molecular complexity index is 684. The summed E-state index contributed by atoms with van der Waals surface area (Å²) >= 11 is 0. The fourth-order valence-electron chi connectivity index (χ4n) is 2.68. The van der Waals surface area contributed by atoms with E-state index in [1.165, 1.54) is 0 Å². The number of hydrogen-bond acceptors (Lipinski definition) is 7. The molecule has 0 bridgehead atoms. The SMILES string of the molecule is Cc1noc(C)c1CC(=O)Nc1cnc(N2CCN(C)CC2)nc1. The highest BCUT2D eigenvalue weighted by Crippen LogP contribution is 2.15. The Morgan fingerprint density at radius 1 is 1.21 bits per heavy atom. The first-order valence-electron chi connectivity index (χ1n) is 8.00. The lowest BCUT2D eigenvalue weighted by molar-refractivity contribution is -0.115. The van der Waals surface area contributed by atoms with Crippen molar-refractivity contribution in [3.63, 3.8) is 0 Å². The molecule has 0 spiro atoms. The first-order chi connectivity index (χ1) is 11.5. The van der Waals surface area contributed by atoms with Gasteiger partial charge in [0.2, 0.25) is 11.9 Å². The van der Waals surface area contributed by atoms with Crippen LogP contribution < -0.4 is 10.2 Å². The molecular weight excluding hydrogens is 308 g/mol. The van der Waals surface area contributed by atoms with Crippen LogP contribution >= 0.6 is 0 Å². The Kier molecular flexibility index (Phi) is 4.75. The second kappa shape index (κ2) is 6.96. The molecular formula is C16H22N6O2. The summed E-state index contributed by atoms with van der Waals surface area (Å²) in [6.07, 6.45) is 3.51. The molecule has 0 aliphatic carbocycles. The molecule has 1 aliphatic rings. The van der Waals surface area contributed by atoms with Gasteiger partial charge in [0.25, 0.3) is 0 Å². The van der Waals surface area contributed by atoms with Crippen LogP contribution in [0.3, 0.4) is 0 Å². The molecule has 128 valence electrons. The molecule has 3 heterocycles. The molecule has 1 aliphatic heterocycles. The summed E-state index contributed by atoms with van der Waals surface area (Å²) in [5, 5.41) is 6.67. The maximum Gasteiger partial charge on any atom is 0.229 e. The van der Waals surface area contributed by atoms with Gasteiger partial charge in [0.05, 0.1) is 30.2 Å². The summed E-state index contributed by atoms with van der Waals surface area (Å²) in [4.78, 5) is 25.3. The van der Waals surface area contributed by atoms with Crippen LogP contribution in [-0.2, 0) is 11.2 Å². The predicted molar refractivity (Wildman–Crippen MR) is 90.1 cm³/mol. The maximum atomic E-state index is 12.2. The molecule has 2 aromatic rings. The van der Waals surface area contributed by atoms with Crippen molar-refractivity contribution in [1.29, 1.82) is 0 Å². The van der Waals surface area contributed by atoms with Crippen LogP contribution in [0.15, 0.2) is 16.9 Å². The topological polar surface area (TPSA) is 87.4 Å². The Balaban J connectivity index is 1.59. The fourth-order valence-corrected chi connectivity index (χ4v) is 2.68. The van der Waals surface area contributed by atoms with Gasteiger partial charge in [-0.2, -0.15) is 0 Å². The summed E-state index contributed by atoms with van der Waals surface area (Å²) in [5.74, 6) is 1.23. The number of nitrogens with one attached hydrogen (secondary N) is 1. The van der Waals surface area contributed by atoms with Gasteiger partial charge in [-0.25, -0.2) is 9.97 Å². The van der Waals surface area contributed by atoms with Gasteiger partial charge in [-0.3, -0.25) is 4.79 Å². The molecule has 1 saturated heterocycles. The molecule has 0 unspecified atom stereocenters. The van der Waals surface area contributed by atoms with Crippen LogP contribution in [0.2, 0.25) is 0 Å². The molecule has 1 fully saturated rings. The minimum atomic E-state index is -0.139. The highest BCUT2D eigenvalue weighted by atomic mass is 16.5. The monoisotopic (exact) mass is 330 g/mol. The second-order valence-corrected chi connectivity index (χ2v) is 6.09. The molecule has 8 heteroatoms. The normalized spacial score (nSPS) is 15.5. The minimum Gasteiger partial charge on any atom is -0.361 e. The van der Waals surface area contributed by atoms with Gasteiger partial charge in [-0.15, -0.1) is 0 Å². The Labute approximate surface area is 140 Å². The van der Waals surface area contributed by atoms with Crippen LogP contribution in [0.25, 0.3) is 0 Å². The van der Waals surface area contributed by atoms with Crippen LogP contribution in [-0.4, -0.2) is 59.2 Å². The lowest BCUT2D eigenvalue weighted by atomic mass is 10.1. The first-order valence-corrected chi connectivity index (χ1v) is 8.00. The minimum absolute atomic E-state index is 0.139. The van der Waals surface area contributed by atoms with Crippen LogP contribution in [0.4, 0.5) is 11.6 Å². The molecule has 0 aromatic carbocycles. The van der Waals surface area contributed by atoms with Crippen molar-refractivity contribution in [3.8, 4) is 0 Å². The molecule has 8 nitrogen and oxygen atoms in total. The number of aromatic nitrogens is 3. The van der Waals surface area contributed by atoms with E-state index in [2.05, 4.69) is 37.3 Å². The zero-order chi connectivity index (χ0) is 17.1. The van der Waals surface area contributed by atoms with Crippen molar-refractivity contribution in [2.75, 3.05) is 43.4 Å². The standard InChI is InChI=1S/C16H22N6O2/c1-11-14(12(2)24-20-11)8-15(23)19-13-9-17-16(18-10-13)22-6-4-21(3)5-7-22/h9-10H,4-8H2,1-3H3,(H,19,23). The van der Waals surface area contributed by atoms with Crippen molar-refractivity contribution in [2.45, 2.75) is 20.3 Å². The van der Waals surface area contributed by atoms with E-state index < -0.39 is 0 Å². The number of carbonyl (C=O) groups is 1. The van der Waals surface area contributed by atoms with Gasteiger partial charge in [-0.1, -0.05) is 5.16 Å². The van der Waals surface area contributed by atoms with E-state index >= 15 is 0 Å². The third-order valence-corrected chi connectivity index (χ3v) is 4.23. The van der Waals surface area contributed by atoms with E-state index in [4.69, 9.17) is 4.52 Å². The molecule has 1 N–H and O–H groups in total. The average molecular weight is 330 g/mol. The van der Waals surface area contributed by atoms with Crippen LogP contribution in [0.5, 0.6) is 0 Å². The summed E-state index contributed by atoms with van der Waals surface area (Å²) < 4.78 is 5.07. The van der Waals surface area contributed by atoms with Crippen molar-refractivity contribution in [2.24, 2.45) is 0 Å². The maximum absolute atomic E-state index is 12.2. The van der Waals surface area contributed by atoms with Crippen LogP contribution in [0.1, 0.15) is 17.0 Å². The Hall–Kier alpha value is -2.48. The smallest absolute Gasteiger partial charge is 0.229 e. The Morgan fingerprint density at radius 2 is 1.88 bits per heavy atom. The third kappa shape index (κ3) is 3.70. The first kappa shape index (κ1) is 16.4. The van der Waals surface area contributed by atoms with Gasteiger partial charge in [0.1, 0.15) is 5.76 Å². The number of likely N-dealkylation sites (N-methyl/N-ethyl adjacent to an activating group) is 1. The quantitative estimate of drug-likeness (QED) is 0.895.